The normalized spacial score (nSPS) is 10.5. The molecule has 0 N–H and O–H groups in total. The highest BCUT2D eigenvalue weighted by Gasteiger charge is 2.10. The lowest BCUT2D eigenvalue weighted by atomic mass is 10.2. The lowest BCUT2D eigenvalue weighted by Gasteiger charge is -2.03. The molecular formula is C14H11N5OS. The maximum absolute atomic E-state index is 8.64. The summed E-state index contributed by atoms with van der Waals surface area (Å²) in [6, 6.07) is 13.3. The summed E-state index contributed by atoms with van der Waals surface area (Å²) >= 11 is 1.38. The summed E-state index contributed by atoms with van der Waals surface area (Å²) < 4.78 is 6.83. The summed E-state index contributed by atoms with van der Waals surface area (Å²) in [5.74, 6) is 1.80. The summed E-state index contributed by atoms with van der Waals surface area (Å²) in [7, 11) is 1.63. The van der Waals surface area contributed by atoms with Gasteiger partial charge in [0.05, 0.1) is 18.9 Å². The van der Waals surface area contributed by atoms with Crippen molar-refractivity contribution in [3.8, 4) is 23.2 Å². The highest BCUT2D eigenvalue weighted by Crippen LogP contribution is 2.22. The van der Waals surface area contributed by atoms with Gasteiger partial charge in [-0.1, -0.05) is 11.8 Å². The van der Waals surface area contributed by atoms with Crippen molar-refractivity contribution in [3.05, 3.63) is 36.4 Å². The highest BCUT2D eigenvalue weighted by atomic mass is 32.2. The highest BCUT2D eigenvalue weighted by molar-refractivity contribution is 7.99. The van der Waals surface area contributed by atoms with E-state index < -0.39 is 0 Å². The predicted octanol–water partition coefficient (Wildman–Crippen LogP) is 2.42. The Morgan fingerprint density at radius 1 is 1.19 bits per heavy atom. The van der Waals surface area contributed by atoms with Crippen molar-refractivity contribution < 1.29 is 4.74 Å². The first-order chi connectivity index (χ1) is 10.3. The molecule has 0 aliphatic carbocycles. The van der Waals surface area contributed by atoms with Crippen LogP contribution in [0.2, 0.25) is 0 Å². The number of aromatic nitrogens is 4. The maximum atomic E-state index is 8.64. The van der Waals surface area contributed by atoms with E-state index in [0.717, 1.165) is 16.3 Å². The van der Waals surface area contributed by atoms with Crippen molar-refractivity contribution >= 4 is 17.4 Å². The number of nitriles is 1. The topological polar surface area (TPSA) is 76.1 Å². The number of benzene rings is 1. The molecule has 0 saturated carbocycles. The van der Waals surface area contributed by atoms with E-state index in [0.29, 0.717) is 17.2 Å². The molecule has 104 valence electrons. The van der Waals surface area contributed by atoms with E-state index >= 15 is 0 Å². The Morgan fingerprint density at radius 2 is 2.00 bits per heavy atom. The molecule has 0 unspecified atom stereocenters. The molecular weight excluding hydrogens is 286 g/mol. The third-order valence-corrected chi connectivity index (χ3v) is 3.66. The fourth-order valence-corrected chi connectivity index (χ4v) is 2.39. The van der Waals surface area contributed by atoms with E-state index in [1.807, 2.05) is 36.4 Å². The van der Waals surface area contributed by atoms with Gasteiger partial charge in [-0.15, -0.1) is 10.2 Å². The van der Waals surface area contributed by atoms with Gasteiger partial charge in [-0.05, 0) is 36.4 Å². The van der Waals surface area contributed by atoms with E-state index in [-0.39, 0.29) is 0 Å². The lowest BCUT2D eigenvalue weighted by Crippen LogP contribution is -1.96. The second-order valence-corrected chi connectivity index (χ2v) is 5.14. The van der Waals surface area contributed by atoms with E-state index in [1.165, 1.54) is 11.8 Å². The maximum Gasteiger partial charge on any atom is 0.185 e. The van der Waals surface area contributed by atoms with Crippen molar-refractivity contribution in [3.63, 3.8) is 0 Å². The lowest BCUT2D eigenvalue weighted by molar-refractivity contribution is 0.415. The molecule has 0 aliphatic rings. The molecule has 6 nitrogen and oxygen atoms in total. The number of methoxy groups -OCH3 is 1. The molecule has 0 saturated heterocycles. The molecule has 0 aliphatic heterocycles. The number of ether oxygens (including phenoxy) is 1. The van der Waals surface area contributed by atoms with Gasteiger partial charge >= 0.3 is 0 Å². The quantitative estimate of drug-likeness (QED) is 0.688. The van der Waals surface area contributed by atoms with Crippen LogP contribution in [0.5, 0.6) is 5.75 Å². The smallest absolute Gasteiger partial charge is 0.185 e. The van der Waals surface area contributed by atoms with Crippen LogP contribution in [-0.2, 0) is 0 Å². The zero-order chi connectivity index (χ0) is 14.7. The van der Waals surface area contributed by atoms with Gasteiger partial charge in [-0.2, -0.15) is 14.9 Å². The Bertz CT molecular complexity index is 806. The molecule has 0 amide bonds. The summed E-state index contributed by atoms with van der Waals surface area (Å²) in [6.45, 7) is 0. The van der Waals surface area contributed by atoms with Crippen molar-refractivity contribution in [1.82, 2.24) is 19.8 Å². The number of rotatable bonds is 4. The van der Waals surface area contributed by atoms with E-state index in [2.05, 4.69) is 21.4 Å². The number of thioether (sulfide) groups is 1. The average molecular weight is 297 g/mol. The zero-order valence-corrected chi connectivity index (χ0v) is 12.0. The van der Waals surface area contributed by atoms with Gasteiger partial charge in [0.25, 0.3) is 0 Å². The van der Waals surface area contributed by atoms with E-state index in [1.54, 1.807) is 11.6 Å². The molecule has 2 aromatic heterocycles. The Labute approximate surface area is 125 Å². The minimum absolute atomic E-state index is 0.360. The number of hydrogen-bond acceptors (Lipinski definition) is 6. The Morgan fingerprint density at radius 3 is 2.71 bits per heavy atom. The summed E-state index contributed by atoms with van der Waals surface area (Å²) in [5, 5.41) is 22.1. The summed E-state index contributed by atoms with van der Waals surface area (Å²) in [5.41, 5.74) is 1.57. The standard InChI is InChI=1S/C14H11N5OS/c1-20-11-4-2-10(3-5-11)14-17-16-12-6-7-13(18-19(12)14)21-9-8-15/h2-7H,9H2,1H3. The molecule has 0 spiro atoms. The Kier molecular flexibility index (Phi) is 3.71. The van der Waals surface area contributed by atoms with Crippen LogP contribution < -0.4 is 4.74 Å². The van der Waals surface area contributed by atoms with Crippen LogP contribution in [0, 0.1) is 11.3 Å². The van der Waals surface area contributed by atoms with E-state index in [4.69, 9.17) is 10.00 Å². The van der Waals surface area contributed by atoms with Gasteiger partial charge in [-0.3, -0.25) is 0 Å². The van der Waals surface area contributed by atoms with Gasteiger partial charge in [0.15, 0.2) is 11.5 Å². The monoisotopic (exact) mass is 297 g/mol. The fraction of sp³-hybridized carbons (Fsp3) is 0.143. The molecule has 0 fully saturated rings. The molecule has 1 aromatic carbocycles. The van der Waals surface area contributed by atoms with Gasteiger partial charge in [0, 0.05) is 5.56 Å². The molecule has 0 bridgehead atoms. The van der Waals surface area contributed by atoms with Crippen molar-refractivity contribution in [2.24, 2.45) is 0 Å². The van der Waals surface area contributed by atoms with Crippen LogP contribution in [0.3, 0.4) is 0 Å². The van der Waals surface area contributed by atoms with Crippen LogP contribution in [0.1, 0.15) is 0 Å². The van der Waals surface area contributed by atoms with E-state index in [9.17, 15) is 0 Å². The van der Waals surface area contributed by atoms with Gasteiger partial charge in [0.1, 0.15) is 10.8 Å². The van der Waals surface area contributed by atoms with Crippen LogP contribution in [-0.4, -0.2) is 32.7 Å². The minimum Gasteiger partial charge on any atom is -0.497 e. The SMILES string of the molecule is COc1ccc(-c2nnc3ccc(SCC#N)nn23)cc1. The van der Waals surface area contributed by atoms with Crippen molar-refractivity contribution in [1.29, 1.82) is 5.26 Å². The molecule has 0 radical (unpaired) electrons. The van der Waals surface area contributed by atoms with Crippen LogP contribution in [0.25, 0.3) is 17.0 Å². The van der Waals surface area contributed by atoms with Crippen LogP contribution in [0.15, 0.2) is 41.4 Å². The summed E-state index contributed by atoms with van der Waals surface area (Å²) in [6.07, 6.45) is 0. The molecule has 3 rings (SSSR count). The Hall–Kier alpha value is -2.59. The number of hydrogen-bond donors (Lipinski definition) is 0. The van der Waals surface area contributed by atoms with Crippen molar-refractivity contribution in [2.45, 2.75) is 5.03 Å². The number of fused-ring (bicyclic) bond motifs is 1. The largest absolute Gasteiger partial charge is 0.497 e. The van der Waals surface area contributed by atoms with Gasteiger partial charge in [0.2, 0.25) is 0 Å². The molecule has 7 heteroatoms. The average Bonchev–Trinajstić information content (AvgIpc) is 2.96. The minimum atomic E-state index is 0.360. The summed E-state index contributed by atoms with van der Waals surface area (Å²) in [4.78, 5) is 0. The molecule has 3 aromatic rings. The molecule has 0 atom stereocenters. The first-order valence-electron chi connectivity index (χ1n) is 6.18. The van der Waals surface area contributed by atoms with Crippen molar-refractivity contribution in [2.75, 3.05) is 12.9 Å². The fourth-order valence-electron chi connectivity index (χ4n) is 1.88. The van der Waals surface area contributed by atoms with Gasteiger partial charge in [-0.25, -0.2) is 0 Å². The second-order valence-electron chi connectivity index (χ2n) is 4.14. The predicted molar refractivity (Wildman–Crippen MR) is 79.1 cm³/mol. The third kappa shape index (κ3) is 2.66. The second kappa shape index (κ2) is 5.81. The Balaban J connectivity index is 2.03. The first-order valence-corrected chi connectivity index (χ1v) is 7.17. The zero-order valence-electron chi connectivity index (χ0n) is 11.2. The van der Waals surface area contributed by atoms with Gasteiger partial charge < -0.3 is 4.74 Å². The molecule has 21 heavy (non-hydrogen) atoms. The molecule has 2 heterocycles. The first kappa shape index (κ1) is 13.4. The van der Waals surface area contributed by atoms with Crippen LogP contribution in [0.4, 0.5) is 0 Å². The third-order valence-electron chi connectivity index (χ3n) is 2.87. The van der Waals surface area contributed by atoms with Crippen LogP contribution >= 0.6 is 11.8 Å². The number of nitrogens with zero attached hydrogens (tertiary/aromatic N) is 5.